The first kappa shape index (κ1) is 25.5. The maximum Gasteiger partial charge on any atom is 0.303 e. The summed E-state index contributed by atoms with van der Waals surface area (Å²) in [5, 5.41) is 9.31. The number of aryl methyl sites for hydroxylation is 1. The van der Waals surface area contributed by atoms with E-state index in [0.717, 1.165) is 23.0 Å². The van der Waals surface area contributed by atoms with Crippen molar-refractivity contribution < 1.29 is 28.6 Å². The Morgan fingerprint density at radius 1 is 1.08 bits per heavy atom. The van der Waals surface area contributed by atoms with Gasteiger partial charge in [-0.1, -0.05) is 24.0 Å². The van der Waals surface area contributed by atoms with Gasteiger partial charge in [-0.3, -0.25) is 14.5 Å². The van der Waals surface area contributed by atoms with Gasteiger partial charge in [0.25, 0.3) is 5.91 Å². The van der Waals surface area contributed by atoms with E-state index in [9.17, 15) is 14.7 Å². The molecule has 5 fully saturated rings. The van der Waals surface area contributed by atoms with Crippen molar-refractivity contribution in [2.45, 2.75) is 51.0 Å². The number of nitrogens with zero attached hydrogens (tertiary/aromatic N) is 1. The minimum absolute atomic E-state index is 0.0457. The highest BCUT2D eigenvalue weighted by Crippen LogP contribution is 2.56. The molecule has 0 spiro atoms. The highest BCUT2D eigenvalue weighted by atomic mass is 32.2. The van der Waals surface area contributed by atoms with Gasteiger partial charge >= 0.3 is 5.97 Å². The van der Waals surface area contributed by atoms with E-state index in [1.54, 1.807) is 26.4 Å². The Morgan fingerprint density at radius 2 is 1.71 bits per heavy atom. The van der Waals surface area contributed by atoms with Crippen molar-refractivity contribution in [2.24, 2.45) is 23.7 Å². The summed E-state index contributed by atoms with van der Waals surface area (Å²) in [5.74, 6) is 4.01. The Bertz CT molecular complexity index is 1280. The molecule has 1 aromatic carbocycles. The van der Waals surface area contributed by atoms with Crippen LogP contribution in [-0.4, -0.2) is 46.5 Å². The van der Waals surface area contributed by atoms with Crippen LogP contribution < -0.4 is 9.47 Å². The molecular weight excluding hydrogens is 522 g/mol. The lowest BCUT2D eigenvalue weighted by molar-refractivity contribution is -0.137. The average Bonchev–Trinajstić information content (AvgIpc) is 3.42. The minimum atomic E-state index is -0.894. The summed E-state index contributed by atoms with van der Waals surface area (Å²) in [4.78, 5) is 27.5. The summed E-state index contributed by atoms with van der Waals surface area (Å²) in [6.45, 7) is 0. The van der Waals surface area contributed by atoms with Gasteiger partial charge in [-0.2, -0.15) is 0 Å². The van der Waals surface area contributed by atoms with Crippen LogP contribution in [-0.2, 0) is 16.0 Å². The number of hydrogen-bond acceptors (Lipinski definition) is 7. The van der Waals surface area contributed by atoms with Crippen LogP contribution in [0, 0.1) is 23.7 Å². The molecule has 0 atom stereocenters. The van der Waals surface area contributed by atoms with E-state index in [1.807, 2.05) is 23.1 Å². The van der Waals surface area contributed by atoms with Crippen LogP contribution in [0.25, 0.3) is 17.4 Å². The lowest BCUT2D eigenvalue weighted by atomic mass is 9.54. The van der Waals surface area contributed by atoms with Crippen LogP contribution in [0.4, 0.5) is 0 Å². The molecule has 1 N–H and O–H groups in total. The molecule has 7 nitrogen and oxygen atoms in total. The van der Waals surface area contributed by atoms with E-state index in [1.165, 1.54) is 43.9 Å². The number of carboxylic acid groups (broad SMARTS) is 1. The molecule has 2 heterocycles. The van der Waals surface area contributed by atoms with Gasteiger partial charge in [0.1, 0.15) is 27.3 Å². The molecule has 38 heavy (non-hydrogen) atoms. The van der Waals surface area contributed by atoms with Gasteiger partial charge in [0.15, 0.2) is 0 Å². The van der Waals surface area contributed by atoms with E-state index in [4.69, 9.17) is 26.1 Å². The van der Waals surface area contributed by atoms with Gasteiger partial charge in [0.05, 0.1) is 19.1 Å². The number of thiocarbonyl (C=S) groups is 1. The fourth-order valence-electron chi connectivity index (χ4n) is 7.27. The fraction of sp³-hybridized carbons (Fsp3) is 0.483. The molecule has 2 aromatic rings. The van der Waals surface area contributed by atoms with Crippen LogP contribution in [0.2, 0.25) is 0 Å². The maximum atomic E-state index is 13.7. The molecule has 4 aliphatic carbocycles. The summed E-state index contributed by atoms with van der Waals surface area (Å²) >= 11 is 7.08. The number of benzene rings is 1. The van der Waals surface area contributed by atoms with E-state index in [0.29, 0.717) is 44.1 Å². The lowest BCUT2D eigenvalue weighted by Crippen LogP contribution is -2.57. The first-order valence-electron chi connectivity index (χ1n) is 13.2. The van der Waals surface area contributed by atoms with E-state index >= 15 is 0 Å². The molecule has 1 aromatic heterocycles. The van der Waals surface area contributed by atoms with Crippen LogP contribution >= 0.6 is 24.0 Å². The second-order valence-corrected chi connectivity index (χ2v) is 12.6. The van der Waals surface area contributed by atoms with Crippen LogP contribution in [0.1, 0.15) is 49.8 Å². The molecule has 1 saturated heterocycles. The minimum Gasteiger partial charge on any atom is -0.497 e. The lowest BCUT2D eigenvalue weighted by Gasteiger charge is -2.56. The molecule has 200 valence electrons. The summed E-state index contributed by atoms with van der Waals surface area (Å²) in [7, 11) is 3.16. The van der Waals surface area contributed by atoms with E-state index in [2.05, 4.69) is 0 Å². The number of methoxy groups -OCH3 is 2. The van der Waals surface area contributed by atoms with Crippen LogP contribution in [0.3, 0.4) is 0 Å². The number of furan rings is 1. The number of hydrogen-bond donors (Lipinski definition) is 1. The predicted octanol–water partition coefficient (Wildman–Crippen LogP) is 6.01. The summed E-state index contributed by atoms with van der Waals surface area (Å²) < 4.78 is 17.7. The number of thioether (sulfide) groups is 1. The van der Waals surface area contributed by atoms with Gasteiger partial charge in [-0.05, 0) is 86.0 Å². The Morgan fingerprint density at radius 3 is 2.29 bits per heavy atom. The molecule has 0 unspecified atom stereocenters. The zero-order valence-electron chi connectivity index (χ0n) is 21.5. The van der Waals surface area contributed by atoms with Crippen LogP contribution in [0.5, 0.6) is 11.5 Å². The zero-order chi connectivity index (χ0) is 26.6. The van der Waals surface area contributed by atoms with Crippen molar-refractivity contribution in [2.75, 3.05) is 14.2 Å². The molecule has 4 bridgehead atoms. The smallest absolute Gasteiger partial charge is 0.303 e. The molecule has 5 aliphatic rings. The average molecular weight is 554 g/mol. The third kappa shape index (κ3) is 4.64. The fourth-order valence-corrected chi connectivity index (χ4v) is 8.58. The maximum absolute atomic E-state index is 13.7. The van der Waals surface area contributed by atoms with Gasteiger partial charge in [0.2, 0.25) is 0 Å². The monoisotopic (exact) mass is 553 g/mol. The number of carboxylic acids is 1. The van der Waals surface area contributed by atoms with Gasteiger partial charge in [-0.25, -0.2) is 0 Å². The van der Waals surface area contributed by atoms with Crippen molar-refractivity contribution in [3.05, 3.63) is 40.5 Å². The number of rotatable bonds is 8. The van der Waals surface area contributed by atoms with Crippen molar-refractivity contribution in [3.63, 3.8) is 0 Å². The Hall–Kier alpha value is -2.78. The van der Waals surface area contributed by atoms with Gasteiger partial charge < -0.3 is 19.0 Å². The summed E-state index contributed by atoms with van der Waals surface area (Å²) in [6, 6.07) is 7.47. The highest BCUT2D eigenvalue weighted by molar-refractivity contribution is 8.26. The number of carbonyl (C=O) groups is 2. The number of ether oxygens (including phenoxy) is 2. The van der Waals surface area contributed by atoms with E-state index < -0.39 is 5.97 Å². The predicted molar refractivity (Wildman–Crippen MR) is 149 cm³/mol. The topological polar surface area (TPSA) is 89.2 Å². The number of aliphatic carboxylic acids is 1. The molecule has 7 rings (SSSR count). The number of amides is 1. The van der Waals surface area contributed by atoms with Crippen molar-refractivity contribution in [3.8, 4) is 22.8 Å². The van der Waals surface area contributed by atoms with Gasteiger partial charge in [-0.15, -0.1) is 0 Å². The second kappa shape index (κ2) is 10.1. The first-order valence-corrected chi connectivity index (χ1v) is 14.4. The molecular formula is C29H31NO6S2. The van der Waals surface area contributed by atoms with Crippen molar-refractivity contribution >= 4 is 46.3 Å². The third-order valence-electron chi connectivity index (χ3n) is 8.65. The molecule has 1 amide bonds. The standard InChI is InChI=1S/C29H31NO6S2/c1-34-21-10-18(11-22(13-21)35-2)23-12-17(3-4-26(31)32)24(36-23)14-25-28(33)30(29(37)38-25)27-19-6-15-5-16(8-19)9-20(27)7-15/h10-16,19-20,27H,3-9H2,1-2H3,(H,31,32)/b25-14-. The van der Waals surface area contributed by atoms with Gasteiger partial charge in [0, 0.05) is 30.2 Å². The Kier molecular flexibility index (Phi) is 6.76. The summed E-state index contributed by atoms with van der Waals surface area (Å²) in [5.41, 5.74) is 1.46. The third-order valence-corrected chi connectivity index (χ3v) is 9.98. The first-order chi connectivity index (χ1) is 18.3. The van der Waals surface area contributed by atoms with E-state index in [-0.39, 0.29) is 24.8 Å². The second-order valence-electron chi connectivity index (χ2n) is 11.0. The Labute approximate surface area is 231 Å². The molecule has 1 aliphatic heterocycles. The highest BCUT2D eigenvalue weighted by Gasteiger charge is 2.53. The largest absolute Gasteiger partial charge is 0.497 e. The normalized spacial score (nSPS) is 28.9. The molecule has 9 heteroatoms. The quantitative estimate of drug-likeness (QED) is 0.314. The SMILES string of the molecule is COc1cc(OC)cc(-c2cc(CCC(=O)O)c(/C=C3\SC(=S)N(C4C5CC6CC(C5)CC4C6)C3=O)o2)c1. The molecule has 4 saturated carbocycles. The number of carbonyl (C=O) groups excluding carboxylic acids is 1. The Balaban J connectivity index is 1.32. The summed E-state index contributed by atoms with van der Waals surface area (Å²) in [6.07, 6.45) is 8.16. The molecule has 0 radical (unpaired) electrons. The van der Waals surface area contributed by atoms with Crippen LogP contribution in [0.15, 0.2) is 33.6 Å². The van der Waals surface area contributed by atoms with Crippen molar-refractivity contribution in [1.82, 2.24) is 4.90 Å². The zero-order valence-corrected chi connectivity index (χ0v) is 23.1. The van der Waals surface area contributed by atoms with Crippen molar-refractivity contribution in [1.29, 1.82) is 0 Å².